The lowest BCUT2D eigenvalue weighted by Crippen LogP contribution is -2.24. The summed E-state index contributed by atoms with van der Waals surface area (Å²) in [5.41, 5.74) is 6.37. The number of rotatable bonds is 8. The molecule has 4 heterocycles. The summed E-state index contributed by atoms with van der Waals surface area (Å²) in [6.45, 7) is 8.85. The van der Waals surface area contributed by atoms with Crippen LogP contribution in [0.4, 0.5) is 0 Å². The molecule has 4 rings (SSSR count). The maximum atomic E-state index is 12.1. The van der Waals surface area contributed by atoms with Gasteiger partial charge in [-0.2, -0.15) is 5.10 Å². The van der Waals surface area contributed by atoms with Crippen LogP contribution < -0.4 is 5.32 Å². The normalized spacial score (nSPS) is 16.8. The minimum atomic E-state index is 0.0962. The third-order valence-corrected chi connectivity index (χ3v) is 6.17. The average molecular weight is 421 g/mol. The van der Waals surface area contributed by atoms with E-state index >= 15 is 0 Å². The number of hydrogen-bond donors (Lipinski definition) is 1. The number of nitrogens with zero attached hydrogens (tertiary/aromatic N) is 5. The molecule has 1 N–H and O–H groups in total. The maximum absolute atomic E-state index is 12.1. The number of pyridine rings is 1. The highest BCUT2D eigenvalue weighted by Gasteiger charge is 2.29. The minimum absolute atomic E-state index is 0.0962. The van der Waals surface area contributed by atoms with Gasteiger partial charge in [-0.25, -0.2) is 9.50 Å². The minimum Gasteiger partial charge on any atom is -0.356 e. The molecule has 0 spiro atoms. The Kier molecular flexibility index (Phi) is 6.61. The Morgan fingerprint density at radius 1 is 1.32 bits per heavy atom. The zero-order chi connectivity index (χ0) is 21.8. The van der Waals surface area contributed by atoms with Crippen LogP contribution in [0.5, 0.6) is 0 Å². The van der Waals surface area contributed by atoms with Crippen LogP contribution in [0.15, 0.2) is 30.6 Å². The smallest absolute Gasteiger partial charge is 0.220 e. The van der Waals surface area contributed by atoms with Gasteiger partial charge in [-0.05, 0) is 63.3 Å². The van der Waals surface area contributed by atoms with Crippen LogP contribution >= 0.6 is 0 Å². The van der Waals surface area contributed by atoms with Crippen molar-refractivity contribution in [2.24, 2.45) is 0 Å². The van der Waals surface area contributed by atoms with E-state index in [4.69, 9.17) is 10.1 Å². The molecule has 1 saturated heterocycles. The first-order valence-electron chi connectivity index (χ1n) is 11.3. The average Bonchev–Trinajstić information content (AvgIpc) is 3.39. The third-order valence-electron chi connectivity index (χ3n) is 6.17. The molecule has 0 aliphatic carbocycles. The van der Waals surface area contributed by atoms with Crippen LogP contribution in [0.25, 0.3) is 5.65 Å². The lowest BCUT2D eigenvalue weighted by Gasteiger charge is -2.22. The van der Waals surface area contributed by atoms with Gasteiger partial charge in [0.2, 0.25) is 5.91 Å². The zero-order valence-corrected chi connectivity index (χ0v) is 18.8. The van der Waals surface area contributed by atoms with E-state index in [9.17, 15) is 4.79 Å². The van der Waals surface area contributed by atoms with E-state index in [1.165, 1.54) is 12.0 Å². The molecule has 7 heteroatoms. The quantitative estimate of drug-likeness (QED) is 0.603. The molecule has 0 saturated carbocycles. The van der Waals surface area contributed by atoms with Crippen LogP contribution in [0.2, 0.25) is 0 Å². The summed E-state index contributed by atoms with van der Waals surface area (Å²) in [4.78, 5) is 23.6. The molecule has 1 fully saturated rings. The first-order chi connectivity index (χ1) is 15.1. The van der Waals surface area contributed by atoms with Crippen LogP contribution in [0.3, 0.4) is 0 Å². The molecule has 164 valence electrons. The highest BCUT2D eigenvalue weighted by molar-refractivity contribution is 5.76. The molecule has 1 atom stereocenters. The second kappa shape index (κ2) is 9.56. The maximum Gasteiger partial charge on any atom is 0.220 e. The molecular weight excluding hydrogens is 388 g/mol. The SMILES string of the molecule is CCCNC(=O)CCc1c(C)nc2cc(C3CCCN3Cc3cccnc3)nn2c1C. The monoisotopic (exact) mass is 420 g/mol. The van der Waals surface area contributed by atoms with Gasteiger partial charge in [-0.15, -0.1) is 0 Å². The molecule has 0 aromatic carbocycles. The second-order valence-electron chi connectivity index (χ2n) is 8.44. The molecule has 0 bridgehead atoms. The van der Waals surface area contributed by atoms with Gasteiger partial charge >= 0.3 is 0 Å². The molecule has 1 aliphatic rings. The van der Waals surface area contributed by atoms with E-state index in [0.717, 1.165) is 60.8 Å². The summed E-state index contributed by atoms with van der Waals surface area (Å²) in [6, 6.07) is 6.55. The first kappa shape index (κ1) is 21.4. The molecule has 7 nitrogen and oxygen atoms in total. The zero-order valence-electron chi connectivity index (χ0n) is 18.8. The van der Waals surface area contributed by atoms with Crippen molar-refractivity contribution >= 4 is 11.6 Å². The largest absolute Gasteiger partial charge is 0.356 e. The predicted molar refractivity (Wildman–Crippen MR) is 121 cm³/mol. The van der Waals surface area contributed by atoms with Crippen molar-refractivity contribution in [2.75, 3.05) is 13.1 Å². The van der Waals surface area contributed by atoms with Gasteiger partial charge in [0.05, 0.1) is 11.7 Å². The second-order valence-corrected chi connectivity index (χ2v) is 8.44. The van der Waals surface area contributed by atoms with Crippen molar-refractivity contribution in [3.05, 3.63) is 58.8 Å². The van der Waals surface area contributed by atoms with Gasteiger partial charge in [-0.1, -0.05) is 13.0 Å². The fraction of sp³-hybridized carbons (Fsp3) is 0.500. The van der Waals surface area contributed by atoms with Gasteiger partial charge in [0.15, 0.2) is 5.65 Å². The number of fused-ring (bicyclic) bond motifs is 1. The lowest BCUT2D eigenvalue weighted by molar-refractivity contribution is -0.121. The summed E-state index contributed by atoms with van der Waals surface area (Å²) in [7, 11) is 0. The number of aryl methyl sites for hydroxylation is 2. The highest BCUT2D eigenvalue weighted by Crippen LogP contribution is 2.33. The van der Waals surface area contributed by atoms with Gasteiger partial charge in [0.1, 0.15) is 0 Å². The molecule has 31 heavy (non-hydrogen) atoms. The van der Waals surface area contributed by atoms with E-state index < -0.39 is 0 Å². The van der Waals surface area contributed by atoms with E-state index in [0.29, 0.717) is 18.9 Å². The van der Waals surface area contributed by atoms with Gasteiger partial charge in [0, 0.05) is 49.4 Å². The number of carbonyl (C=O) groups is 1. The van der Waals surface area contributed by atoms with Crippen molar-refractivity contribution < 1.29 is 4.79 Å². The van der Waals surface area contributed by atoms with E-state index in [1.807, 2.05) is 29.9 Å². The van der Waals surface area contributed by atoms with Crippen molar-refractivity contribution in [2.45, 2.75) is 65.5 Å². The first-order valence-corrected chi connectivity index (χ1v) is 11.3. The number of nitrogens with one attached hydrogen (secondary N) is 1. The lowest BCUT2D eigenvalue weighted by atomic mass is 10.1. The molecule has 0 radical (unpaired) electrons. The van der Waals surface area contributed by atoms with Gasteiger partial charge in [0.25, 0.3) is 0 Å². The van der Waals surface area contributed by atoms with Crippen LogP contribution in [0.1, 0.15) is 66.9 Å². The van der Waals surface area contributed by atoms with Gasteiger partial charge < -0.3 is 5.32 Å². The summed E-state index contributed by atoms with van der Waals surface area (Å²) < 4.78 is 1.96. The predicted octanol–water partition coefficient (Wildman–Crippen LogP) is 3.54. The Morgan fingerprint density at radius 2 is 2.19 bits per heavy atom. The Labute approximate surface area is 183 Å². The molecule has 1 aliphatic heterocycles. The number of aromatic nitrogens is 4. The molecular formula is C24H32N6O. The van der Waals surface area contributed by atoms with Crippen molar-refractivity contribution in [3.8, 4) is 0 Å². The standard InChI is InChI=1S/C24H32N6O/c1-4-11-26-24(31)10-9-20-17(2)27-23-14-21(28-30(23)18(20)3)22-8-6-13-29(22)16-19-7-5-12-25-15-19/h5,7,12,14-15,22H,4,6,8-11,13,16H2,1-3H3,(H,26,31). The fourth-order valence-electron chi connectivity index (χ4n) is 4.54. The molecule has 3 aromatic rings. The summed E-state index contributed by atoms with van der Waals surface area (Å²) >= 11 is 0. The summed E-state index contributed by atoms with van der Waals surface area (Å²) in [5.74, 6) is 0.0962. The Morgan fingerprint density at radius 3 is 2.97 bits per heavy atom. The van der Waals surface area contributed by atoms with Gasteiger partial charge in [-0.3, -0.25) is 14.7 Å². The fourth-order valence-corrected chi connectivity index (χ4v) is 4.54. The molecule has 1 amide bonds. The third kappa shape index (κ3) is 4.77. The van der Waals surface area contributed by atoms with Crippen LogP contribution in [-0.2, 0) is 17.8 Å². The summed E-state index contributed by atoms with van der Waals surface area (Å²) in [6.07, 6.45) is 8.14. The van der Waals surface area contributed by atoms with Crippen molar-refractivity contribution in [1.82, 2.24) is 29.8 Å². The number of likely N-dealkylation sites (tertiary alicyclic amines) is 1. The number of hydrogen-bond acceptors (Lipinski definition) is 5. The molecule has 3 aromatic heterocycles. The Bertz CT molecular complexity index is 1050. The van der Waals surface area contributed by atoms with Crippen molar-refractivity contribution in [1.29, 1.82) is 0 Å². The van der Waals surface area contributed by atoms with E-state index in [1.54, 1.807) is 0 Å². The Balaban J connectivity index is 1.55. The van der Waals surface area contributed by atoms with Crippen LogP contribution in [0, 0.1) is 13.8 Å². The van der Waals surface area contributed by atoms with E-state index in [-0.39, 0.29) is 5.91 Å². The molecule has 1 unspecified atom stereocenters. The topological polar surface area (TPSA) is 75.4 Å². The van der Waals surface area contributed by atoms with Crippen LogP contribution in [-0.4, -0.2) is 43.5 Å². The number of amides is 1. The van der Waals surface area contributed by atoms with E-state index in [2.05, 4.69) is 41.2 Å². The number of carbonyl (C=O) groups excluding carboxylic acids is 1. The van der Waals surface area contributed by atoms with Crippen molar-refractivity contribution in [3.63, 3.8) is 0 Å². The summed E-state index contributed by atoms with van der Waals surface area (Å²) in [5, 5.41) is 7.91. The highest BCUT2D eigenvalue weighted by atomic mass is 16.1. The Hall–Kier alpha value is -2.80.